The van der Waals surface area contributed by atoms with Gasteiger partial charge in [0.25, 0.3) is 0 Å². The molecule has 2 N–H and O–H groups in total. The van der Waals surface area contributed by atoms with Gasteiger partial charge < -0.3 is 15.4 Å². The summed E-state index contributed by atoms with van der Waals surface area (Å²) in [5.41, 5.74) is -0.599. The van der Waals surface area contributed by atoms with E-state index in [1.807, 2.05) is 13.8 Å². The molecule has 1 aliphatic heterocycles. The van der Waals surface area contributed by atoms with E-state index in [-0.39, 0.29) is 24.2 Å². The molecule has 1 heterocycles. The van der Waals surface area contributed by atoms with Gasteiger partial charge in [-0.3, -0.25) is 9.59 Å². The van der Waals surface area contributed by atoms with Crippen LogP contribution in [0.1, 0.15) is 47.5 Å². The van der Waals surface area contributed by atoms with Crippen LogP contribution < -0.4 is 10.6 Å². The van der Waals surface area contributed by atoms with Crippen molar-refractivity contribution in [2.45, 2.75) is 59.1 Å². The van der Waals surface area contributed by atoms with Gasteiger partial charge in [0.2, 0.25) is 11.8 Å². The molecule has 1 saturated heterocycles. The maximum atomic E-state index is 12.3. The number of rotatable bonds is 5. The van der Waals surface area contributed by atoms with Crippen molar-refractivity contribution in [3.05, 3.63) is 0 Å². The van der Waals surface area contributed by atoms with Gasteiger partial charge in [0.05, 0.1) is 5.92 Å². The zero-order valence-electron chi connectivity index (χ0n) is 13.5. The predicted octanol–water partition coefficient (Wildman–Crippen LogP) is 0.995. The minimum Gasteiger partial charge on any atom is -0.458 e. The van der Waals surface area contributed by atoms with Gasteiger partial charge in [0.1, 0.15) is 11.6 Å². The van der Waals surface area contributed by atoms with E-state index in [0.717, 1.165) is 6.42 Å². The molecule has 0 radical (unpaired) electrons. The zero-order chi connectivity index (χ0) is 16.2. The maximum Gasteiger partial charge on any atom is 0.329 e. The Morgan fingerprint density at radius 3 is 2.48 bits per heavy atom. The molecule has 1 unspecified atom stereocenters. The Morgan fingerprint density at radius 1 is 1.43 bits per heavy atom. The van der Waals surface area contributed by atoms with E-state index >= 15 is 0 Å². The molecule has 0 aromatic carbocycles. The Kier molecular flexibility index (Phi) is 5.75. The molecule has 6 nitrogen and oxygen atoms in total. The van der Waals surface area contributed by atoms with E-state index in [1.165, 1.54) is 0 Å². The van der Waals surface area contributed by atoms with Crippen molar-refractivity contribution < 1.29 is 19.1 Å². The van der Waals surface area contributed by atoms with Crippen molar-refractivity contribution in [1.29, 1.82) is 0 Å². The second-order valence-electron chi connectivity index (χ2n) is 6.61. The highest BCUT2D eigenvalue weighted by Gasteiger charge is 2.34. The van der Waals surface area contributed by atoms with Gasteiger partial charge in [-0.25, -0.2) is 4.79 Å². The first-order valence-electron chi connectivity index (χ1n) is 7.44. The molecule has 0 spiro atoms. The van der Waals surface area contributed by atoms with Crippen molar-refractivity contribution >= 4 is 17.8 Å². The zero-order valence-corrected chi connectivity index (χ0v) is 13.5. The lowest BCUT2D eigenvalue weighted by Crippen LogP contribution is -2.49. The summed E-state index contributed by atoms with van der Waals surface area (Å²) in [6, 6.07) is -0.683. The summed E-state index contributed by atoms with van der Waals surface area (Å²) in [6.45, 7) is 9.55. The van der Waals surface area contributed by atoms with Crippen LogP contribution in [0.2, 0.25) is 0 Å². The van der Waals surface area contributed by atoms with Gasteiger partial charge in [0, 0.05) is 13.0 Å². The van der Waals surface area contributed by atoms with E-state index in [0.29, 0.717) is 6.54 Å². The Morgan fingerprint density at radius 2 is 2.05 bits per heavy atom. The molecule has 0 aliphatic carbocycles. The lowest BCUT2D eigenvalue weighted by molar-refractivity contribution is -0.160. The third kappa shape index (κ3) is 5.36. The molecule has 0 aromatic rings. The number of esters is 1. The lowest BCUT2D eigenvalue weighted by atomic mass is 9.97. The number of ether oxygens (including phenoxy) is 1. The van der Waals surface area contributed by atoms with Crippen LogP contribution in [0.4, 0.5) is 0 Å². The molecule has 0 aromatic heterocycles. The highest BCUT2D eigenvalue weighted by molar-refractivity contribution is 5.91. The first-order valence-corrected chi connectivity index (χ1v) is 7.44. The fourth-order valence-corrected chi connectivity index (χ4v) is 2.10. The van der Waals surface area contributed by atoms with E-state index < -0.39 is 23.5 Å². The molecule has 1 rings (SSSR count). The highest BCUT2D eigenvalue weighted by Crippen LogP contribution is 2.16. The van der Waals surface area contributed by atoms with Crippen LogP contribution in [-0.4, -0.2) is 36.0 Å². The third-order valence-corrected chi connectivity index (χ3v) is 3.52. The molecule has 0 saturated carbocycles. The van der Waals surface area contributed by atoms with Crippen LogP contribution in [0.15, 0.2) is 0 Å². The van der Waals surface area contributed by atoms with Gasteiger partial charge in [-0.15, -0.1) is 0 Å². The minimum atomic E-state index is -0.683. The summed E-state index contributed by atoms with van der Waals surface area (Å²) in [6.07, 6.45) is 0.916. The number of amides is 2. The monoisotopic (exact) mass is 298 g/mol. The van der Waals surface area contributed by atoms with E-state index in [2.05, 4.69) is 10.6 Å². The summed E-state index contributed by atoms with van der Waals surface area (Å²) in [5.74, 6) is -1.28. The van der Waals surface area contributed by atoms with Crippen molar-refractivity contribution in [1.82, 2.24) is 10.6 Å². The van der Waals surface area contributed by atoms with Crippen molar-refractivity contribution in [3.63, 3.8) is 0 Å². The molecule has 0 bridgehead atoms. The van der Waals surface area contributed by atoms with E-state index in [9.17, 15) is 14.4 Å². The van der Waals surface area contributed by atoms with Gasteiger partial charge in [-0.05, 0) is 26.7 Å². The average molecular weight is 298 g/mol. The minimum absolute atomic E-state index is 0.0335. The third-order valence-electron chi connectivity index (χ3n) is 3.52. The topological polar surface area (TPSA) is 84.5 Å². The molecular weight excluding hydrogens is 272 g/mol. The highest BCUT2D eigenvalue weighted by atomic mass is 16.6. The van der Waals surface area contributed by atoms with Crippen LogP contribution in [-0.2, 0) is 19.1 Å². The summed E-state index contributed by atoms with van der Waals surface area (Å²) in [5, 5.41) is 5.37. The molecule has 1 aliphatic rings. The molecule has 21 heavy (non-hydrogen) atoms. The SMILES string of the molecule is CC[C@H](C)[C@H](NC(=O)C1CNC(=O)C1)C(=O)OC(C)(C)C. The van der Waals surface area contributed by atoms with E-state index in [1.54, 1.807) is 20.8 Å². The Hall–Kier alpha value is -1.59. The molecule has 3 atom stereocenters. The normalized spacial score (nSPS) is 21.4. The molecule has 1 fully saturated rings. The van der Waals surface area contributed by atoms with Crippen LogP contribution >= 0.6 is 0 Å². The number of hydrogen-bond acceptors (Lipinski definition) is 4. The molecular formula is C15H26N2O4. The van der Waals surface area contributed by atoms with Crippen molar-refractivity contribution in [3.8, 4) is 0 Å². The maximum absolute atomic E-state index is 12.3. The number of carbonyl (C=O) groups excluding carboxylic acids is 3. The lowest BCUT2D eigenvalue weighted by Gasteiger charge is -2.28. The van der Waals surface area contributed by atoms with Gasteiger partial charge in [0.15, 0.2) is 0 Å². The summed E-state index contributed by atoms with van der Waals surface area (Å²) < 4.78 is 5.37. The quantitative estimate of drug-likeness (QED) is 0.741. The fourth-order valence-electron chi connectivity index (χ4n) is 2.10. The van der Waals surface area contributed by atoms with Crippen molar-refractivity contribution in [2.75, 3.05) is 6.54 Å². The van der Waals surface area contributed by atoms with Crippen LogP contribution in [0, 0.1) is 11.8 Å². The van der Waals surface area contributed by atoms with Gasteiger partial charge >= 0.3 is 5.97 Å². The van der Waals surface area contributed by atoms with Gasteiger partial charge in [-0.1, -0.05) is 20.3 Å². The molecule has 6 heteroatoms. The standard InChI is InChI=1S/C15H26N2O4/c1-6-9(2)12(14(20)21-15(3,4)5)17-13(19)10-7-11(18)16-8-10/h9-10,12H,6-8H2,1-5H3,(H,16,18)(H,17,19)/t9-,10?,12-/m0/s1. The summed E-state index contributed by atoms with van der Waals surface area (Å²) in [7, 11) is 0. The Labute approximate surface area is 126 Å². The Balaban J connectivity index is 2.72. The number of hydrogen-bond donors (Lipinski definition) is 2. The van der Waals surface area contributed by atoms with Crippen LogP contribution in [0.3, 0.4) is 0 Å². The van der Waals surface area contributed by atoms with E-state index in [4.69, 9.17) is 4.74 Å². The predicted molar refractivity (Wildman–Crippen MR) is 78.3 cm³/mol. The molecule has 120 valence electrons. The summed E-state index contributed by atoms with van der Waals surface area (Å²) >= 11 is 0. The van der Waals surface area contributed by atoms with Crippen LogP contribution in [0.25, 0.3) is 0 Å². The average Bonchev–Trinajstić information content (AvgIpc) is 2.79. The smallest absolute Gasteiger partial charge is 0.329 e. The van der Waals surface area contributed by atoms with Crippen LogP contribution in [0.5, 0.6) is 0 Å². The number of carbonyl (C=O) groups is 3. The first kappa shape index (κ1) is 17.5. The van der Waals surface area contributed by atoms with Gasteiger partial charge in [-0.2, -0.15) is 0 Å². The second kappa shape index (κ2) is 6.91. The Bertz CT molecular complexity index is 414. The fraction of sp³-hybridized carbons (Fsp3) is 0.800. The second-order valence-corrected chi connectivity index (χ2v) is 6.61. The van der Waals surface area contributed by atoms with Crippen molar-refractivity contribution in [2.24, 2.45) is 11.8 Å². The first-order chi connectivity index (χ1) is 9.64. The largest absolute Gasteiger partial charge is 0.458 e. The summed E-state index contributed by atoms with van der Waals surface area (Å²) in [4.78, 5) is 35.6. The molecule has 2 amide bonds. The number of nitrogens with one attached hydrogen (secondary N) is 2.